The summed E-state index contributed by atoms with van der Waals surface area (Å²) in [6.07, 6.45) is 0. The number of hydrogen-bond donors (Lipinski definition) is 1. The molecule has 0 bridgehead atoms. The quantitative estimate of drug-likeness (QED) is 0.475. The molecule has 0 fully saturated rings. The van der Waals surface area contributed by atoms with E-state index in [2.05, 4.69) is 46.9 Å². The van der Waals surface area contributed by atoms with E-state index >= 15 is 0 Å². The molecule has 3 aromatic carbocycles. The molecular weight excluding hydrogens is 364 g/mol. The maximum Gasteiger partial charge on any atom is 0.157 e. The van der Waals surface area contributed by atoms with E-state index < -0.39 is 0 Å². The predicted octanol–water partition coefficient (Wildman–Crippen LogP) is 7.02. The third-order valence-electron chi connectivity index (χ3n) is 3.94. The molecule has 0 spiro atoms. The number of azo groups is 1. The van der Waals surface area contributed by atoms with Crippen LogP contribution in [0.25, 0.3) is 10.8 Å². The van der Waals surface area contributed by atoms with E-state index in [-0.39, 0.29) is 11.2 Å². The second-order valence-electron chi connectivity index (χ2n) is 6.77. The van der Waals surface area contributed by atoms with Gasteiger partial charge in [-0.3, -0.25) is 0 Å². The Balaban J connectivity index is 2.07. The van der Waals surface area contributed by atoms with Crippen LogP contribution < -0.4 is 0 Å². The molecule has 3 nitrogen and oxygen atoms in total. The van der Waals surface area contributed by atoms with E-state index in [4.69, 9.17) is 0 Å². The number of nitrogens with zero attached hydrogens (tertiary/aromatic N) is 2. The zero-order chi connectivity index (χ0) is 17.3. The van der Waals surface area contributed by atoms with Gasteiger partial charge in [0.1, 0.15) is 5.69 Å². The fraction of sp³-hybridized carbons (Fsp3) is 0.200. The van der Waals surface area contributed by atoms with Gasteiger partial charge >= 0.3 is 0 Å². The minimum Gasteiger partial charge on any atom is -0.505 e. The maximum atomic E-state index is 10.3. The average Bonchev–Trinajstić information content (AvgIpc) is 2.55. The van der Waals surface area contributed by atoms with Crippen LogP contribution in [-0.2, 0) is 5.41 Å². The molecule has 0 aliphatic carbocycles. The molecule has 24 heavy (non-hydrogen) atoms. The summed E-state index contributed by atoms with van der Waals surface area (Å²) in [6, 6.07) is 17.8. The van der Waals surface area contributed by atoms with E-state index in [1.54, 1.807) is 0 Å². The molecule has 0 saturated carbocycles. The standard InChI is InChI=1S/C20H19BrN2O/c1-20(2,3)14-11-16(21)19(24)18(12-14)23-22-17-10-6-8-13-7-4-5-9-15(13)17/h4-12,24H,1-3H3. The monoisotopic (exact) mass is 382 g/mol. The van der Waals surface area contributed by atoms with Gasteiger partial charge in [-0.25, -0.2) is 0 Å². The SMILES string of the molecule is CC(C)(C)c1cc(Br)c(O)c(N=Nc2cccc3ccccc23)c1. The number of phenolic OH excluding ortho intramolecular Hbond substituents is 1. The normalized spacial score (nSPS) is 12.2. The minimum atomic E-state index is -0.0417. The number of halogens is 1. The number of phenols is 1. The first-order valence-corrected chi connectivity index (χ1v) is 8.58. The summed E-state index contributed by atoms with van der Waals surface area (Å²) in [7, 11) is 0. The highest BCUT2D eigenvalue weighted by molar-refractivity contribution is 9.10. The highest BCUT2D eigenvalue weighted by Gasteiger charge is 2.18. The molecule has 122 valence electrons. The van der Waals surface area contributed by atoms with Crippen molar-refractivity contribution in [3.63, 3.8) is 0 Å². The van der Waals surface area contributed by atoms with Gasteiger partial charge in [0.2, 0.25) is 0 Å². The van der Waals surface area contributed by atoms with Crippen molar-refractivity contribution in [3.8, 4) is 5.75 Å². The summed E-state index contributed by atoms with van der Waals surface area (Å²) in [6.45, 7) is 6.37. The molecule has 0 heterocycles. The van der Waals surface area contributed by atoms with Crippen molar-refractivity contribution < 1.29 is 5.11 Å². The molecule has 0 aromatic heterocycles. The smallest absolute Gasteiger partial charge is 0.157 e. The van der Waals surface area contributed by atoms with Crippen molar-refractivity contribution in [3.05, 3.63) is 64.6 Å². The van der Waals surface area contributed by atoms with Crippen LogP contribution in [0, 0.1) is 0 Å². The molecule has 3 aromatic rings. The van der Waals surface area contributed by atoms with Crippen LogP contribution in [0.2, 0.25) is 0 Å². The van der Waals surface area contributed by atoms with Crippen molar-refractivity contribution in [1.29, 1.82) is 0 Å². The van der Waals surface area contributed by atoms with E-state index in [1.165, 1.54) is 0 Å². The molecule has 0 unspecified atom stereocenters. The first-order valence-electron chi connectivity index (χ1n) is 7.79. The van der Waals surface area contributed by atoms with Gasteiger partial charge in [-0.2, -0.15) is 0 Å². The van der Waals surface area contributed by atoms with Gasteiger partial charge in [-0.1, -0.05) is 57.2 Å². The molecule has 0 atom stereocenters. The van der Waals surface area contributed by atoms with Crippen LogP contribution in [0.15, 0.2) is 69.3 Å². The summed E-state index contributed by atoms with van der Waals surface area (Å²) in [4.78, 5) is 0. The Morgan fingerprint density at radius 2 is 1.54 bits per heavy atom. The Bertz CT molecular complexity index is 921. The van der Waals surface area contributed by atoms with Crippen LogP contribution in [0.3, 0.4) is 0 Å². The van der Waals surface area contributed by atoms with Crippen molar-refractivity contribution in [2.75, 3.05) is 0 Å². The second-order valence-corrected chi connectivity index (χ2v) is 7.63. The number of hydrogen-bond acceptors (Lipinski definition) is 3. The molecule has 1 N–H and O–H groups in total. The summed E-state index contributed by atoms with van der Waals surface area (Å²) in [5.41, 5.74) is 2.28. The predicted molar refractivity (Wildman–Crippen MR) is 103 cm³/mol. The second kappa shape index (κ2) is 6.36. The van der Waals surface area contributed by atoms with Crippen LogP contribution in [0.5, 0.6) is 5.75 Å². The molecule has 0 saturated heterocycles. The average molecular weight is 383 g/mol. The zero-order valence-electron chi connectivity index (χ0n) is 13.9. The summed E-state index contributed by atoms with van der Waals surface area (Å²) in [5, 5.41) is 21.1. The van der Waals surface area contributed by atoms with E-state index in [9.17, 15) is 5.11 Å². The number of aromatic hydroxyl groups is 1. The van der Waals surface area contributed by atoms with Gasteiger partial charge in [-0.15, -0.1) is 10.2 Å². The molecule has 0 radical (unpaired) electrons. The molecule has 0 amide bonds. The minimum absolute atomic E-state index is 0.0417. The van der Waals surface area contributed by atoms with E-state index in [1.807, 2.05) is 54.6 Å². The Kier molecular flexibility index (Phi) is 4.41. The van der Waals surface area contributed by atoms with Crippen LogP contribution >= 0.6 is 15.9 Å². The Morgan fingerprint density at radius 1 is 0.875 bits per heavy atom. The fourth-order valence-corrected chi connectivity index (χ4v) is 2.95. The molecular formula is C20H19BrN2O. The van der Waals surface area contributed by atoms with E-state index in [0.29, 0.717) is 10.2 Å². The lowest BCUT2D eigenvalue weighted by Crippen LogP contribution is -2.10. The Hall–Kier alpha value is -2.20. The highest BCUT2D eigenvalue weighted by Crippen LogP contribution is 2.40. The lowest BCUT2D eigenvalue weighted by Gasteiger charge is -2.20. The Morgan fingerprint density at radius 3 is 2.29 bits per heavy atom. The summed E-state index contributed by atoms with van der Waals surface area (Å²) < 4.78 is 0.627. The molecule has 0 aliphatic heterocycles. The maximum absolute atomic E-state index is 10.3. The van der Waals surface area contributed by atoms with Crippen molar-refractivity contribution in [1.82, 2.24) is 0 Å². The van der Waals surface area contributed by atoms with Crippen LogP contribution in [0.1, 0.15) is 26.3 Å². The number of rotatable bonds is 2. The molecule has 4 heteroatoms. The third-order valence-corrected chi connectivity index (χ3v) is 4.55. The lowest BCUT2D eigenvalue weighted by atomic mass is 9.87. The van der Waals surface area contributed by atoms with Gasteiger partial charge in [-0.05, 0) is 50.5 Å². The molecule has 0 aliphatic rings. The lowest BCUT2D eigenvalue weighted by molar-refractivity contribution is 0.471. The van der Waals surface area contributed by atoms with Gasteiger partial charge in [0.05, 0.1) is 10.2 Å². The first kappa shape index (κ1) is 16.7. The fourth-order valence-electron chi connectivity index (χ4n) is 2.50. The Labute approximate surface area is 150 Å². The zero-order valence-corrected chi connectivity index (χ0v) is 15.5. The van der Waals surface area contributed by atoms with Crippen LogP contribution in [-0.4, -0.2) is 5.11 Å². The highest BCUT2D eigenvalue weighted by atomic mass is 79.9. The molecule has 3 rings (SSSR count). The van der Waals surface area contributed by atoms with Crippen molar-refractivity contribution in [2.45, 2.75) is 26.2 Å². The topological polar surface area (TPSA) is 45.0 Å². The van der Waals surface area contributed by atoms with Gasteiger partial charge in [0, 0.05) is 5.39 Å². The first-order chi connectivity index (χ1) is 11.4. The van der Waals surface area contributed by atoms with Crippen LogP contribution in [0.4, 0.5) is 11.4 Å². The van der Waals surface area contributed by atoms with Gasteiger partial charge < -0.3 is 5.11 Å². The number of fused-ring (bicyclic) bond motifs is 1. The van der Waals surface area contributed by atoms with Crippen molar-refractivity contribution >= 4 is 38.1 Å². The van der Waals surface area contributed by atoms with E-state index in [0.717, 1.165) is 22.0 Å². The number of benzene rings is 3. The van der Waals surface area contributed by atoms with Gasteiger partial charge in [0.15, 0.2) is 5.75 Å². The summed E-state index contributed by atoms with van der Waals surface area (Å²) >= 11 is 3.40. The summed E-state index contributed by atoms with van der Waals surface area (Å²) in [5.74, 6) is 0.104. The largest absolute Gasteiger partial charge is 0.505 e. The van der Waals surface area contributed by atoms with Crippen molar-refractivity contribution in [2.24, 2.45) is 10.2 Å². The van der Waals surface area contributed by atoms with Gasteiger partial charge in [0.25, 0.3) is 0 Å². The third kappa shape index (κ3) is 3.34.